The van der Waals surface area contributed by atoms with Crippen LogP contribution in [0.15, 0.2) is 12.1 Å². The van der Waals surface area contributed by atoms with Gasteiger partial charge in [0.1, 0.15) is 0 Å². The van der Waals surface area contributed by atoms with E-state index in [1.807, 2.05) is 0 Å². The fourth-order valence-electron chi connectivity index (χ4n) is 1.42. The maximum absolute atomic E-state index is 11.3. The number of nitrogens with zero attached hydrogens (tertiary/aromatic N) is 1. The van der Waals surface area contributed by atoms with Gasteiger partial charge in [0.2, 0.25) is 5.91 Å². The Bertz CT molecular complexity index is 441. The number of Topliss-reactive ketones (excluding diaryl/α,β-unsaturated/α-hetero) is 1. The largest absolute Gasteiger partial charge is 0.349 e. The number of hydrogen-bond donors (Lipinski definition) is 2. The number of aryl methyl sites for hydroxylation is 1. The van der Waals surface area contributed by atoms with Crippen molar-refractivity contribution in [3.8, 4) is 0 Å². The lowest BCUT2D eigenvalue weighted by Crippen LogP contribution is -2.38. The van der Waals surface area contributed by atoms with Crippen molar-refractivity contribution in [1.82, 2.24) is 10.3 Å². The molecule has 92 valence electrons. The first-order valence-electron chi connectivity index (χ1n) is 5.42. The van der Waals surface area contributed by atoms with E-state index in [9.17, 15) is 9.59 Å². The second-order valence-electron chi connectivity index (χ2n) is 4.00. The van der Waals surface area contributed by atoms with E-state index in [-0.39, 0.29) is 11.7 Å². The summed E-state index contributed by atoms with van der Waals surface area (Å²) < 4.78 is 0. The standard InChI is InChI=1S/C12H17N3O2/c1-7(13)12(17)14-6-10-4-5-11(9(3)16)8(2)15-10/h4-5,7H,6,13H2,1-3H3,(H,14,17)/t7-/m1/s1. The van der Waals surface area contributed by atoms with Crippen LogP contribution in [0.4, 0.5) is 0 Å². The van der Waals surface area contributed by atoms with Crippen molar-refractivity contribution in [1.29, 1.82) is 0 Å². The van der Waals surface area contributed by atoms with Crippen LogP contribution in [0.1, 0.15) is 35.6 Å². The fourth-order valence-corrected chi connectivity index (χ4v) is 1.42. The second kappa shape index (κ2) is 5.54. The Kier molecular flexibility index (Phi) is 4.34. The quantitative estimate of drug-likeness (QED) is 0.746. The van der Waals surface area contributed by atoms with E-state index in [0.29, 0.717) is 23.5 Å². The lowest BCUT2D eigenvalue weighted by atomic mass is 10.1. The van der Waals surface area contributed by atoms with Crippen LogP contribution < -0.4 is 11.1 Å². The molecule has 1 aromatic rings. The zero-order valence-corrected chi connectivity index (χ0v) is 10.3. The SMILES string of the molecule is CC(=O)c1ccc(CNC(=O)[C@@H](C)N)nc1C. The first kappa shape index (κ1) is 13.3. The van der Waals surface area contributed by atoms with Crippen molar-refractivity contribution in [2.45, 2.75) is 33.4 Å². The van der Waals surface area contributed by atoms with E-state index in [1.165, 1.54) is 6.92 Å². The molecule has 0 bridgehead atoms. The predicted octanol–water partition coefficient (Wildman–Crippen LogP) is 0.556. The fraction of sp³-hybridized carbons (Fsp3) is 0.417. The minimum atomic E-state index is -0.535. The molecule has 0 aliphatic heterocycles. The van der Waals surface area contributed by atoms with Gasteiger partial charge in [0.15, 0.2) is 5.78 Å². The molecule has 0 saturated carbocycles. The molecule has 0 aromatic carbocycles. The average Bonchev–Trinajstić information content (AvgIpc) is 2.25. The van der Waals surface area contributed by atoms with Crippen LogP contribution in [0.2, 0.25) is 0 Å². The lowest BCUT2D eigenvalue weighted by molar-refractivity contribution is -0.122. The summed E-state index contributed by atoms with van der Waals surface area (Å²) in [5, 5.41) is 2.66. The number of aromatic nitrogens is 1. The Morgan fingerprint density at radius 2 is 2.12 bits per heavy atom. The summed E-state index contributed by atoms with van der Waals surface area (Å²) in [4.78, 5) is 26.7. The maximum Gasteiger partial charge on any atom is 0.236 e. The molecular formula is C12H17N3O2. The molecule has 0 aliphatic rings. The highest BCUT2D eigenvalue weighted by Crippen LogP contribution is 2.07. The molecule has 1 rings (SSSR count). The van der Waals surface area contributed by atoms with Crippen LogP contribution >= 0.6 is 0 Å². The molecule has 0 spiro atoms. The van der Waals surface area contributed by atoms with Gasteiger partial charge in [-0.1, -0.05) is 0 Å². The Morgan fingerprint density at radius 1 is 1.47 bits per heavy atom. The number of hydrogen-bond acceptors (Lipinski definition) is 4. The molecule has 1 amide bonds. The van der Waals surface area contributed by atoms with Gasteiger partial charge >= 0.3 is 0 Å². The molecule has 0 aliphatic carbocycles. The third-order valence-corrected chi connectivity index (χ3v) is 2.38. The highest BCUT2D eigenvalue weighted by atomic mass is 16.2. The number of carbonyl (C=O) groups excluding carboxylic acids is 2. The van der Waals surface area contributed by atoms with Gasteiger partial charge in [0.05, 0.1) is 18.3 Å². The Hall–Kier alpha value is -1.75. The van der Waals surface area contributed by atoms with Crippen LogP contribution in [0.25, 0.3) is 0 Å². The predicted molar refractivity (Wildman–Crippen MR) is 64.5 cm³/mol. The van der Waals surface area contributed by atoms with Crippen molar-refractivity contribution in [2.24, 2.45) is 5.73 Å². The van der Waals surface area contributed by atoms with Gasteiger partial charge in [-0.2, -0.15) is 0 Å². The summed E-state index contributed by atoms with van der Waals surface area (Å²) in [6.07, 6.45) is 0. The molecule has 0 unspecified atom stereocenters. The maximum atomic E-state index is 11.3. The molecule has 0 saturated heterocycles. The van der Waals surface area contributed by atoms with E-state index in [2.05, 4.69) is 10.3 Å². The molecule has 0 fully saturated rings. The van der Waals surface area contributed by atoms with E-state index in [0.717, 1.165) is 0 Å². The summed E-state index contributed by atoms with van der Waals surface area (Å²) in [5.41, 5.74) is 7.40. The molecule has 0 radical (unpaired) electrons. The minimum Gasteiger partial charge on any atom is -0.349 e. The molecular weight excluding hydrogens is 218 g/mol. The Morgan fingerprint density at radius 3 is 2.59 bits per heavy atom. The minimum absolute atomic E-state index is 0.0128. The van der Waals surface area contributed by atoms with Crippen molar-refractivity contribution in [3.63, 3.8) is 0 Å². The zero-order chi connectivity index (χ0) is 13.0. The lowest BCUT2D eigenvalue weighted by Gasteiger charge is -2.08. The van der Waals surface area contributed by atoms with Gasteiger partial charge in [-0.05, 0) is 32.9 Å². The Balaban J connectivity index is 2.71. The van der Waals surface area contributed by atoms with Crippen LogP contribution in [0.5, 0.6) is 0 Å². The number of carbonyl (C=O) groups is 2. The van der Waals surface area contributed by atoms with Gasteiger partial charge in [0, 0.05) is 11.3 Å². The molecule has 5 nitrogen and oxygen atoms in total. The molecule has 17 heavy (non-hydrogen) atoms. The van der Waals surface area contributed by atoms with Crippen molar-refractivity contribution >= 4 is 11.7 Å². The normalized spacial score (nSPS) is 12.0. The third kappa shape index (κ3) is 3.64. The van der Waals surface area contributed by atoms with E-state index >= 15 is 0 Å². The van der Waals surface area contributed by atoms with Gasteiger partial charge in [-0.25, -0.2) is 0 Å². The Labute approximate surface area is 100 Å². The van der Waals surface area contributed by atoms with E-state index in [4.69, 9.17) is 5.73 Å². The smallest absolute Gasteiger partial charge is 0.236 e. The number of ketones is 1. The molecule has 3 N–H and O–H groups in total. The molecule has 1 atom stereocenters. The summed E-state index contributed by atoms with van der Waals surface area (Å²) in [7, 11) is 0. The van der Waals surface area contributed by atoms with Crippen molar-refractivity contribution in [3.05, 3.63) is 29.1 Å². The topological polar surface area (TPSA) is 85.1 Å². The molecule has 1 aromatic heterocycles. The van der Waals surface area contributed by atoms with Crippen LogP contribution in [0, 0.1) is 6.92 Å². The van der Waals surface area contributed by atoms with Crippen LogP contribution in [0.3, 0.4) is 0 Å². The highest BCUT2D eigenvalue weighted by Gasteiger charge is 2.09. The summed E-state index contributed by atoms with van der Waals surface area (Å²) in [6, 6.07) is 2.91. The first-order valence-corrected chi connectivity index (χ1v) is 5.42. The van der Waals surface area contributed by atoms with Gasteiger partial charge in [-0.15, -0.1) is 0 Å². The van der Waals surface area contributed by atoms with Crippen molar-refractivity contribution < 1.29 is 9.59 Å². The summed E-state index contributed by atoms with van der Waals surface area (Å²) in [5.74, 6) is -0.235. The average molecular weight is 235 g/mol. The van der Waals surface area contributed by atoms with Gasteiger partial charge < -0.3 is 11.1 Å². The third-order valence-electron chi connectivity index (χ3n) is 2.38. The van der Waals surface area contributed by atoms with Crippen molar-refractivity contribution in [2.75, 3.05) is 0 Å². The number of nitrogens with two attached hydrogens (primary N) is 1. The number of pyridine rings is 1. The summed E-state index contributed by atoms with van der Waals surface area (Å²) in [6.45, 7) is 5.21. The zero-order valence-electron chi connectivity index (χ0n) is 10.3. The van der Waals surface area contributed by atoms with E-state index in [1.54, 1.807) is 26.0 Å². The van der Waals surface area contributed by atoms with Crippen LogP contribution in [-0.4, -0.2) is 22.7 Å². The number of amides is 1. The monoisotopic (exact) mass is 235 g/mol. The van der Waals surface area contributed by atoms with Gasteiger partial charge in [-0.3, -0.25) is 14.6 Å². The van der Waals surface area contributed by atoms with E-state index < -0.39 is 6.04 Å². The number of nitrogens with one attached hydrogen (secondary N) is 1. The number of rotatable bonds is 4. The molecule has 1 heterocycles. The van der Waals surface area contributed by atoms with Gasteiger partial charge in [0.25, 0.3) is 0 Å². The second-order valence-corrected chi connectivity index (χ2v) is 4.00. The summed E-state index contributed by atoms with van der Waals surface area (Å²) >= 11 is 0. The molecule has 5 heteroatoms. The highest BCUT2D eigenvalue weighted by molar-refractivity contribution is 5.95. The van der Waals surface area contributed by atoms with Crippen LogP contribution in [-0.2, 0) is 11.3 Å². The first-order chi connectivity index (χ1) is 7.91.